The highest BCUT2D eigenvalue weighted by Gasteiger charge is 2.21. The van der Waals surface area contributed by atoms with Crippen LogP contribution in [-0.2, 0) is 12.8 Å². The van der Waals surface area contributed by atoms with Crippen LogP contribution in [0, 0.1) is 11.8 Å². The van der Waals surface area contributed by atoms with Gasteiger partial charge >= 0.3 is 0 Å². The molecule has 2 unspecified atom stereocenters. The van der Waals surface area contributed by atoms with E-state index in [0.29, 0.717) is 0 Å². The van der Waals surface area contributed by atoms with Crippen molar-refractivity contribution in [3.63, 3.8) is 0 Å². The Kier molecular flexibility index (Phi) is 3.82. The van der Waals surface area contributed by atoms with Gasteiger partial charge in [0.15, 0.2) is 0 Å². The second-order valence-corrected chi connectivity index (χ2v) is 5.08. The summed E-state index contributed by atoms with van der Waals surface area (Å²) in [6.45, 7) is 6.22. The molecule has 0 radical (unpaired) electrons. The maximum atomic E-state index is 3.89. The van der Waals surface area contributed by atoms with E-state index in [-0.39, 0.29) is 0 Å². The zero-order valence-electron chi connectivity index (χ0n) is 10.3. The lowest BCUT2D eigenvalue weighted by atomic mass is 9.88. The van der Waals surface area contributed by atoms with Crippen LogP contribution < -0.4 is 0 Å². The molecule has 16 heavy (non-hydrogen) atoms. The Bertz CT molecular complexity index is 351. The molecule has 0 spiro atoms. The number of allylic oxidation sites excluding steroid dienone is 1. The first-order valence-corrected chi connectivity index (χ1v) is 6.51. The van der Waals surface area contributed by atoms with Crippen LogP contribution in [0.5, 0.6) is 0 Å². The minimum Gasteiger partial charge on any atom is -0.103 e. The van der Waals surface area contributed by atoms with Crippen molar-refractivity contribution < 1.29 is 0 Å². The fourth-order valence-electron chi connectivity index (χ4n) is 2.94. The van der Waals surface area contributed by atoms with Gasteiger partial charge in [-0.25, -0.2) is 0 Å². The molecular weight excluding hydrogens is 192 g/mol. The first kappa shape index (κ1) is 11.4. The Morgan fingerprint density at radius 3 is 2.38 bits per heavy atom. The van der Waals surface area contributed by atoms with Crippen molar-refractivity contribution in [1.82, 2.24) is 0 Å². The lowest BCUT2D eigenvalue weighted by molar-refractivity contribution is 0.374. The van der Waals surface area contributed by atoms with Crippen LogP contribution in [0.15, 0.2) is 36.9 Å². The molecule has 1 aliphatic rings. The third-order valence-electron chi connectivity index (χ3n) is 3.88. The topological polar surface area (TPSA) is 0 Å². The summed E-state index contributed by atoms with van der Waals surface area (Å²) in [6, 6.07) is 8.98. The maximum Gasteiger partial charge on any atom is -0.0245 e. The molecular formula is C16H22. The molecule has 0 saturated heterocycles. The second-order valence-electron chi connectivity index (χ2n) is 5.08. The van der Waals surface area contributed by atoms with Gasteiger partial charge in [-0.15, -0.1) is 6.58 Å². The summed E-state index contributed by atoms with van der Waals surface area (Å²) in [7, 11) is 0. The Balaban J connectivity index is 2.23. The second kappa shape index (κ2) is 5.34. The summed E-state index contributed by atoms with van der Waals surface area (Å²) >= 11 is 0. The van der Waals surface area contributed by atoms with Crippen LogP contribution >= 0.6 is 0 Å². The summed E-state index contributed by atoms with van der Waals surface area (Å²) in [5, 5.41) is 0. The van der Waals surface area contributed by atoms with Gasteiger partial charge in [-0.2, -0.15) is 0 Å². The molecule has 2 rings (SSSR count). The molecule has 0 amide bonds. The predicted molar refractivity (Wildman–Crippen MR) is 70.6 cm³/mol. The molecule has 0 aliphatic heterocycles. The number of fused-ring (bicyclic) bond motifs is 1. The molecule has 0 nitrogen and oxygen atoms in total. The largest absolute Gasteiger partial charge is 0.103 e. The van der Waals surface area contributed by atoms with Gasteiger partial charge in [0.05, 0.1) is 0 Å². The first-order valence-electron chi connectivity index (χ1n) is 6.51. The van der Waals surface area contributed by atoms with Crippen molar-refractivity contribution in [2.45, 2.75) is 39.0 Å². The number of hydrogen-bond acceptors (Lipinski definition) is 0. The average molecular weight is 214 g/mol. The highest BCUT2D eigenvalue weighted by molar-refractivity contribution is 5.29. The zero-order chi connectivity index (χ0) is 11.4. The Hall–Kier alpha value is -1.04. The van der Waals surface area contributed by atoms with E-state index in [9.17, 15) is 0 Å². The van der Waals surface area contributed by atoms with Gasteiger partial charge in [-0.05, 0) is 48.6 Å². The lowest BCUT2D eigenvalue weighted by Crippen LogP contribution is -2.08. The summed E-state index contributed by atoms with van der Waals surface area (Å²) in [5.41, 5.74) is 3.16. The van der Waals surface area contributed by atoms with E-state index in [1.54, 1.807) is 11.1 Å². The van der Waals surface area contributed by atoms with E-state index < -0.39 is 0 Å². The minimum absolute atomic E-state index is 0.811. The van der Waals surface area contributed by atoms with Gasteiger partial charge < -0.3 is 0 Å². The van der Waals surface area contributed by atoms with E-state index >= 15 is 0 Å². The number of rotatable bonds is 3. The smallest absolute Gasteiger partial charge is 0.0245 e. The maximum absolute atomic E-state index is 3.89. The van der Waals surface area contributed by atoms with Crippen LogP contribution in [0.1, 0.15) is 37.3 Å². The van der Waals surface area contributed by atoms with Crippen molar-refractivity contribution in [2.24, 2.45) is 11.8 Å². The fourth-order valence-corrected chi connectivity index (χ4v) is 2.94. The minimum atomic E-state index is 0.811. The fraction of sp³-hybridized carbons (Fsp3) is 0.500. The highest BCUT2D eigenvalue weighted by Crippen LogP contribution is 2.31. The molecule has 0 saturated carbocycles. The summed E-state index contributed by atoms with van der Waals surface area (Å²) in [6.07, 6.45) is 8.47. The van der Waals surface area contributed by atoms with Gasteiger partial charge in [0, 0.05) is 0 Å². The van der Waals surface area contributed by atoms with E-state index in [2.05, 4.69) is 43.8 Å². The molecule has 86 valence electrons. The van der Waals surface area contributed by atoms with Gasteiger partial charge in [-0.1, -0.05) is 43.7 Å². The molecule has 0 heterocycles. The van der Waals surface area contributed by atoms with Crippen LogP contribution in [-0.4, -0.2) is 0 Å². The third kappa shape index (κ3) is 2.55. The predicted octanol–water partition coefficient (Wildman–Crippen LogP) is 4.39. The normalized spacial score (nSPS) is 24.6. The molecule has 1 aromatic carbocycles. The molecule has 0 heteroatoms. The van der Waals surface area contributed by atoms with Gasteiger partial charge in [0.2, 0.25) is 0 Å². The van der Waals surface area contributed by atoms with Crippen LogP contribution in [0.3, 0.4) is 0 Å². The quantitative estimate of drug-likeness (QED) is 0.517. The van der Waals surface area contributed by atoms with E-state index in [1.807, 2.05) is 0 Å². The standard InChI is InChI=1S/C16H22/c1-3-7-14-10-13(4-2)11-15-8-5-6-9-16(15)12-14/h3,5-6,8-9,13-14H,1,4,7,10-12H2,2H3. The van der Waals surface area contributed by atoms with Crippen LogP contribution in [0.2, 0.25) is 0 Å². The van der Waals surface area contributed by atoms with Crippen LogP contribution in [0.4, 0.5) is 0 Å². The molecule has 0 bridgehead atoms. The van der Waals surface area contributed by atoms with Crippen molar-refractivity contribution in [2.75, 3.05) is 0 Å². The summed E-state index contributed by atoms with van der Waals surface area (Å²) < 4.78 is 0. The van der Waals surface area contributed by atoms with Crippen molar-refractivity contribution >= 4 is 0 Å². The Morgan fingerprint density at radius 2 is 1.81 bits per heavy atom. The van der Waals surface area contributed by atoms with Gasteiger partial charge in [-0.3, -0.25) is 0 Å². The first-order chi connectivity index (χ1) is 7.83. The zero-order valence-corrected chi connectivity index (χ0v) is 10.3. The monoisotopic (exact) mass is 214 g/mol. The highest BCUT2D eigenvalue weighted by atomic mass is 14.3. The van der Waals surface area contributed by atoms with Gasteiger partial charge in [0.1, 0.15) is 0 Å². The van der Waals surface area contributed by atoms with Gasteiger partial charge in [0.25, 0.3) is 0 Å². The van der Waals surface area contributed by atoms with Crippen molar-refractivity contribution in [3.05, 3.63) is 48.0 Å². The number of hydrogen-bond donors (Lipinski definition) is 0. The number of benzene rings is 1. The van der Waals surface area contributed by atoms with Crippen molar-refractivity contribution in [3.8, 4) is 0 Å². The van der Waals surface area contributed by atoms with Crippen LogP contribution in [0.25, 0.3) is 0 Å². The molecule has 0 N–H and O–H groups in total. The molecule has 2 atom stereocenters. The molecule has 0 fully saturated rings. The van der Waals surface area contributed by atoms with Crippen molar-refractivity contribution in [1.29, 1.82) is 0 Å². The van der Waals surface area contributed by atoms with E-state index in [0.717, 1.165) is 11.8 Å². The summed E-state index contributed by atoms with van der Waals surface area (Å²) in [4.78, 5) is 0. The Morgan fingerprint density at radius 1 is 1.19 bits per heavy atom. The van der Waals surface area contributed by atoms with E-state index in [4.69, 9.17) is 0 Å². The lowest BCUT2D eigenvalue weighted by Gasteiger charge is -2.17. The summed E-state index contributed by atoms with van der Waals surface area (Å²) in [5.74, 6) is 1.68. The third-order valence-corrected chi connectivity index (χ3v) is 3.88. The molecule has 0 aromatic heterocycles. The van der Waals surface area contributed by atoms with E-state index in [1.165, 1.54) is 32.1 Å². The Labute approximate surface area is 99.4 Å². The SMILES string of the molecule is C=CCC1Cc2ccccc2CC(CC)C1. The average Bonchev–Trinajstić information content (AvgIpc) is 2.48. The molecule has 1 aliphatic carbocycles. The molecule has 1 aromatic rings.